The number of pyridine rings is 1. The van der Waals surface area contributed by atoms with Gasteiger partial charge in [0.15, 0.2) is 5.03 Å². The number of rotatable bonds is 5. The minimum absolute atomic E-state index is 0. The molecule has 1 aromatic heterocycles. The van der Waals surface area contributed by atoms with E-state index in [1.165, 1.54) is 16.6 Å². The summed E-state index contributed by atoms with van der Waals surface area (Å²) < 4.78 is 26.3. The third kappa shape index (κ3) is 3.79. The Kier molecular flexibility index (Phi) is 6.13. The van der Waals surface area contributed by atoms with E-state index in [9.17, 15) is 8.42 Å². The van der Waals surface area contributed by atoms with Gasteiger partial charge in [-0.25, -0.2) is 13.4 Å². The first kappa shape index (κ1) is 16.6. The fraction of sp³-hybridized carbons (Fsp3) is 0.214. The predicted octanol–water partition coefficient (Wildman–Crippen LogP) is 2.71. The SMILES string of the molecule is CCN(Cc1ccccc1)S(=O)(=O)c1ccccn1.Cl. The monoisotopic (exact) mass is 312 g/mol. The summed E-state index contributed by atoms with van der Waals surface area (Å²) in [5.74, 6) is 0. The molecule has 0 amide bonds. The number of hydrogen-bond acceptors (Lipinski definition) is 3. The first-order valence-electron chi connectivity index (χ1n) is 6.09. The normalized spacial score (nSPS) is 11.1. The molecule has 20 heavy (non-hydrogen) atoms. The van der Waals surface area contributed by atoms with Gasteiger partial charge in [0.2, 0.25) is 0 Å². The van der Waals surface area contributed by atoms with E-state index in [2.05, 4.69) is 4.98 Å². The van der Waals surface area contributed by atoms with Crippen molar-refractivity contribution in [2.75, 3.05) is 6.54 Å². The molecule has 0 spiro atoms. The summed E-state index contributed by atoms with van der Waals surface area (Å²) in [7, 11) is -3.53. The highest BCUT2D eigenvalue weighted by Gasteiger charge is 2.23. The Bertz CT molecular complexity index is 618. The van der Waals surface area contributed by atoms with E-state index >= 15 is 0 Å². The zero-order valence-corrected chi connectivity index (χ0v) is 12.8. The molecule has 2 rings (SSSR count). The Balaban J connectivity index is 0.00000200. The summed E-state index contributed by atoms with van der Waals surface area (Å²) in [6.07, 6.45) is 1.49. The third-order valence-corrected chi connectivity index (χ3v) is 4.63. The Hall–Kier alpha value is -1.43. The lowest BCUT2D eigenvalue weighted by molar-refractivity contribution is 0.421. The lowest BCUT2D eigenvalue weighted by atomic mass is 10.2. The van der Waals surface area contributed by atoms with Crippen LogP contribution in [0.4, 0.5) is 0 Å². The molecule has 4 nitrogen and oxygen atoms in total. The smallest absolute Gasteiger partial charge is 0.243 e. The molecule has 6 heteroatoms. The van der Waals surface area contributed by atoms with Gasteiger partial charge in [-0.05, 0) is 17.7 Å². The van der Waals surface area contributed by atoms with E-state index in [1.807, 2.05) is 37.3 Å². The van der Waals surface area contributed by atoms with Gasteiger partial charge in [-0.2, -0.15) is 4.31 Å². The highest BCUT2D eigenvalue weighted by molar-refractivity contribution is 7.89. The lowest BCUT2D eigenvalue weighted by Gasteiger charge is -2.19. The molecule has 0 fully saturated rings. The molecule has 0 saturated heterocycles. The van der Waals surface area contributed by atoms with Gasteiger partial charge in [0.1, 0.15) is 0 Å². The number of halogens is 1. The van der Waals surface area contributed by atoms with Crippen LogP contribution < -0.4 is 0 Å². The van der Waals surface area contributed by atoms with Crippen molar-refractivity contribution in [3.05, 3.63) is 60.3 Å². The van der Waals surface area contributed by atoms with E-state index in [4.69, 9.17) is 0 Å². The molecule has 108 valence electrons. The van der Waals surface area contributed by atoms with Gasteiger partial charge in [-0.1, -0.05) is 43.3 Å². The van der Waals surface area contributed by atoms with Crippen LogP contribution in [0.1, 0.15) is 12.5 Å². The van der Waals surface area contributed by atoms with Crippen LogP contribution in [0.5, 0.6) is 0 Å². The second kappa shape index (κ2) is 7.38. The molecule has 0 saturated carbocycles. The fourth-order valence-electron chi connectivity index (χ4n) is 1.79. The van der Waals surface area contributed by atoms with Gasteiger partial charge in [-0.15, -0.1) is 12.4 Å². The number of sulfonamides is 1. The molecular formula is C14H17ClN2O2S. The minimum Gasteiger partial charge on any atom is -0.243 e. The number of aromatic nitrogens is 1. The number of benzene rings is 1. The van der Waals surface area contributed by atoms with Gasteiger partial charge < -0.3 is 0 Å². The molecule has 0 aliphatic carbocycles. The van der Waals surface area contributed by atoms with Crippen molar-refractivity contribution in [3.8, 4) is 0 Å². The first-order valence-corrected chi connectivity index (χ1v) is 7.53. The minimum atomic E-state index is -3.53. The maximum atomic E-state index is 12.4. The van der Waals surface area contributed by atoms with Gasteiger partial charge in [0.25, 0.3) is 10.0 Å². The Labute approximate surface area is 125 Å². The molecule has 0 aliphatic rings. The predicted molar refractivity (Wildman–Crippen MR) is 81.2 cm³/mol. The summed E-state index contributed by atoms with van der Waals surface area (Å²) >= 11 is 0. The van der Waals surface area contributed by atoms with Crippen LogP contribution in [0.3, 0.4) is 0 Å². The molecule has 0 bridgehead atoms. The van der Waals surface area contributed by atoms with E-state index in [0.29, 0.717) is 13.1 Å². The molecule has 1 heterocycles. The van der Waals surface area contributed by atoms with Crippen LogP contribution in [0, 0.1) is 0 Å². The van der Waals surface area contributed by atoms with Crippen LogP contribution in [0.2, 0.25) is 0 Å². The second-order valence-corrected chi connectivity index (χ2v) is 5.97. The summed E-state index contributed by atoms with van der Waals surface area (Å²) in [5.41, 5.74) is 0.962. The molecule has 0 atom stereocenters. The van der Waals surface area contributed by atoms with Crippen molar-refractivity contribution < 1.29 is 8.42 Å². The molecule has 0 aliphatic heterocycles. The molecule has 2 aromatic rings. The standard InChI is InChI=1S/C14H16N2O2S.ClH/c1-2-16(12-13-8-4-3-5-9-13)19(17,18)14-10-6-7-11-15-14;/h3-11H,2,12H2,1H3;1H. The summed E-state index contributed by atoms with van der Waals surface area (Å²) in [6, 6.07) is 14.4. The van der Waals surface area contributed by atoms with E-state index in [0.717, 1.165) is 5.56 Å². The van der Waals surface area contributed by atoms with Gasteiger partial charge in [-0.3, -0.25) is 0 Å². The summed E-state index contributed by atoms with van der Waals surface area (Å²) in [4.78, 5) is 3.93. The zero-order chi connectivity index (χ0) is 13.7. The second-order valence-electron chi connectivity index (χ2n) is 4.08. The first-order chi connectivity index (χ1) is 9.14. The molecular weight excluding hydrogens is 296 g/mol. The number of hydrogen-bond donors (Lipinski definition) is 0. The van der Waals surface area contributed by atoms with Crippen LogP contribution in [0.15, 0.2) is 59.8 Å². The zero-order valence-electron chi connectivity index (χ0n) is 11.1. The van der Waals surface area contributed by atoms with Crippen molar-refractivity contribution in [2.45, 2.75) is 18.5 Å². The molecule has 0 unspecified atom stereocenters. The summed E-state index contributed by atoms with van der Waals surface area (Å²) in [6.45, 7) is 2.59. The largest absolute Gasteiger partial charge is 0.260 e. The molecule has 0 radical (unpaired) electrons. The van der Waals surface area contributed by atoms with Crippen LogP contribution in [0.25, 0.3) is 0 Å². The van der Waals surface area contributed by atoms with Gasteiger partial charge in [0, 0.05) is 19.3 Å². The highest BCUT2D eigenvalue weighted by Crippen LogP contribution is 2.15. The van der Waals surface area contributed by atoms with Crippen LogP contribution in [-0.2, 0) is 16.6 Å². The molecule has 0 N–H and O–H groups in total. The van der Waals surface area contributed by atoms with Crippen molar-refractivity contribution in [1.29, 1.82) is 0 Å². The van der Waals surface area contributed by atoms with Crippen LogP contribution >= 0.6 is 12.4 Å². The Morgan fingerprint density at radius 3 is 2.25 bits per heavy atom. The highest BCUT2D eigenvalue weighted by atomic mass is 35.5. The van der Waals surface area contributed by atoms with Gasteiger partial charge in [0.05, 0.1) is 0 Å². The van der Waals surface area contributed by atoms with E-state index in [-0.39, 0.29) is 17.4 Å². The Morgan fingerprint density at radius 2 is 1.70 bits per heavy atom. The van der Waals surface area contributed by atoms with Crippen molar-refractivity contribution in [1.82, 2.24) is 9.29 Å². The lowest BCUT2D eigenvalue weighted by Crippen LogP contribution is -2.31. The van der Waals surface area contributed by atoms with E-state index in [1.54, 1.807) is 12.1 Å². The summed E-state index contributed by atoms with van der Waals surface area (Å²) in [5, 5.41) is 0.0905. The fourth-order valence-corrected chi connectivity index (χ4v) is 3.15. The third-order valence-electron chi connectivity index (χ3n) is 2.80. The average Bonchev–Trinajstić information content (AvgIpc) is 2.46. The average molecular weight is 313 g/mol. The quantitative estimate of drug-likeness (QED) is 0.853. The van der Waals surface area contributed by atoms with Crippen molar-refractivity contribution in [3.63, 3.8) is 0 Å². The maximum Gasteiger partial charge on any atom is 0.260 e. The topological polar surface area (TPSA) is 50.3 Å². The van der Waals surface area contributed by atoms with Crippen LogP contribution in [-0.4, -0.2) is 24.3 Å². The van der Waals surface area contributed by atoms with Gasteiger partial charge >= 0.3 is 0 Å². The van der Waals surface area contributed by atoms with E-state index < -0.39 is 10.0 Å². The Morgan fingerprint density at radius 1 is 1.05 bits per heavy atom. The van der Waals surface area contributed by atoms with Crippen molar-refractivity contribution in [2.24, 2.45) is 0 Å². The van der Waals surface area contributed by atoms with Crippen molar-refractivity contribution >= 4 is 22.4 Å². The molecule has 1 aromatic carbocycles. The maximum absolute atomic E-state index is 12.4. The number of nitrogens with zero attached hydrogens (tertiary/aromatic N) is 2.